The number of nitrogen functional groups attached to an aromatic ring is 1. The van der Waals surface area contributed by atoms with Gasteiger partial charge >= 0.3 is 0 Å². The van der Waals surface area contributed by atoms with Crippen LogP contribution in [0.3, 0.4) is 0 Å². The summed E-state index contributed by atoms with van der Waals surface area (Å²) < 4.78 is 0. The van der Waals surface area contributed by atoms with Crippen molar-refractivity contribution in [1.29, 1.82) is 0 Å². The summed E-state index contributed by atoms with van der Waals surface area (Å²) in [6, 6.07) is 7.15. The molecule has 1 amide bonds. The van der Waals surface area contributed by atoms with Gasteiger partial charge in [0.1, 0.15) is 0 Å². The number of benzene rings is 1. The Labute approximate surface area is 108 Å². The second-order valence-electron chi connectivity index (χ2n) is 4.29. The number of carbonyl (C=O) groups excluding carboxylic acids is 1. The van der Waals surface area contributed by atoms with E-state index in [0.717, 1.165) is 5.56 Å². The number of hydrogen-bond acceptors (Lipinski definition) is 3. The topological polar surface area (TPSA) is 66.6 Å². The summed E-state index contributed by atoms with van der Waals surface area (Å²) in [7, 11) is 0. The summed E-state index contributed by atoms with van der Waals surface area (Å²) in [5, 5.41) is 9.99. The molecule has 1 unspecified atom stereocenters. The fourth-order valence-corrected chi connectivity index (χ4v) is 1.93. The second kappa shape index (κ2) is 7.01. The normalized spacial score (nSPS) is 12.2. The van der Waals surface area contributed by atoms with Crippen molar-refractivity contribution < 1.29 is 9.90 Å². The van der Waals surface area contributed by atoms with E-state index in [0.29, 0.717) is 31.6 Å². The van der Waals surface area contributed by atoms with Gasteiger partial charge in [0.15, 0.2) is 0 Å². The highest BCUT2D eigenvalue weighted by atomic mass is 16.3. The van der Waals surface area contributed by atoms with Crippen LogP contribution in [0.15, 0.2) is 24.3 Å². The molecule has 0 aliphatic rings. The molecule has 0 fully saturated rings. The Bertz CT molecular complexity index is 389. The Kier molecular flexibility index (Phi) is 5.65. The van der Waals surface area contributed by atoms with E-state index in [2.05, 4.69) is 0 Å². The van der Waals surface area contributed by atoms with Gasteiger partial charge in [0.05, 0.1) is 6.10 Å². The molecule has 1 atom stereocenters. The minimum absolute atomic E-state index is 0.0861. The molecule has 0 bridgehead atoms. The molecule has 0 saturated heterocycles. The molecule has 0 saturated carbocycles. The van der Waals surface area contributed by atoms with Crippen LogP contribution in [0, 0.1) is 0 Å². The number of nitrogens with zero attached hydrogens (tertiary/aromatic N) is 1. The van der Waals surface area contributed by atoms with E-state index < -0.39 is 6.10 Å². The molecule has 0 aromatic heterocycles. The lowest BCUT2D eigenvalue weighted by Crippen LogP contribution is -2.30. The SMILES string of the molecule is CCN(CC)C(=O)CCC(O)c1cccc(N)c1. The van der Waals surface area contributed by atoms with E-state index in [-0.39, 0.29) is 5.91 Å². The van der Waals surface area contributed by atoms with E-state index in [1.165, 1.54) is 0 Å². The fourth-order valence-electron chi connectivity index (χ4n) is 1.93. The average Bonchev–Trinajstić information content (AvgIpc) is 2.37. The van der Waals surface area contributed by atoms with Crippen LogP contribution in [0.2, 0.25) is 0 Å². The van der Waals surface area contributed by atoms with Crippen molar-refractivity contribution in [3.8, 4) is 0 Å². The Morgan fingerprint density at radius 1 is 1.39 bits per heavy atom. The summed E-state index contributed by atoms with van der Waals surface area (Å²) in [6.07, 6.45) is 0.157. The fraction of sp³-hybridized carbons (Fsp3) is 0.500. The molecule has 0 aliphatic carbocycles. The molecule has 1 aromatic carbocycles. The first-order valence-electron chi connectivity index (χ1n) is 6.39. The average molecular weight is 250 g/mol. The number of hydrogen-bond donors (Lipinski definition) is 2. The Balaban J connectivity index is 2.51. The van der Waals surface area contributed by atoms with Crippen molar-refractivity contribution in [2.45, 2.75) is 32.8 Å². The molecule has 0 spiro atoms. The molecule has 4 heteroatoms. The van der Waals surface area contributed by atoms with Gasteiger partial charge in [-0.25, -0.2) is 0 Å². The van der Waals surface area contributed by atoms with Gasteiger partial charge < -0.3 is 15.7 Å². The van der Waals surface area contributed by atoms with E-state index in [9.17, 15) is 9.90 Å². The van der Waals surface area contributed by atoms with Gasteiger partial charge in [0, 0.05) is 25.2 Å². The van der Waals surface area contributed by atoms with Crippen molar-refractivity contribution in [2.75, 3.05) is 18.8 Å². The monoisotopic (exact) mass is 250 g/mol. The van der Waals surface area contributed by atoms with Crippen LogP contribution in [-0.2, 0) is 4.79 Å². The standard InChI is InChI=1S/C14H22N2O2/c1-3-16(4-2)14(18)9-8-13(17)11-6-5-7-12(15)10-11/h5-7,10,13,17H,3-4,8-9,15H2,1-2H3. The van der Waals surface area contributed by atoms with E-state index >= 15 is 0 Å². The van der Waals surface area contributed by atoms with Crippen LogP contribution >= 0.6 is 0 Å². The largest absolute Gasteiger partial charge is 0.399 e. The van der Waals surface area contributed by atoms with Crippen molar-refractivity contribution >= 4 is 11.6 Å². The minimum atomic E-state index is -0.631. The second-order valence-corrected chi connectivity index (χ2v) is 4.29. The van der Waals surface area contributed by atoms with Crippen LogP contribution in [0.1, 0.15) is 38.4 Å². The first kappa shape index (κ1) is 14.5. The first-order chi connectivity index (χ1) is 8.58. The van der Waals surface area contributed by atoms with Crippen LogP contribution in [0.5, 0.6) is 0 Å². The molecule has 1 rings (SSSR count). The number of anilines is 1. The van der Waals surface area contributed by atoms with Crippen molar-refractivity contribution in [3.05, 3.63) is 29.8 Å². The number of aliphatic hydroxyl groups is 1. The zero-order chi connectivity index (χ0) is 13.5. The zero-order valence-electron chi connectivity index (χ0n) is 11.1. The Morgan fingerprint density at radius 2 is 2.06 bits per heavy atom. The van der Waals surface area contributed by atoms with Gasteiger partial charge in [-0.3, -0.25) is 4.79 Å². The van der Waals surface area contributed by atoms with Gasteiger partial charge in [-0.15, -0.1) is 0 Å². The molecule has 0 aliphatic heterocycles. The molecule has 100 valence electrons. The van der Waals surface area contributed by atoms with Crippen molar-refractivity contribution in [3.63, 3.8) is 0 Å². The van der Waals surface area contributed by atoms with E-state index in [1.54, 1.807) is 23.1 Å². The van der Waals surface area contributed by atoms with Gasteiger partial charge in [0.25, 0.3) is 0 Å². The number of aliphatic hydroxyl groups excluding tert-OH is 1. The number of rotatable bonds is 6. The van der Waals surface area contributed by atoms with E-state index in [4.69, 9.17) is 5.73 Å². The summed E-state index contributed by atoms with van der Waals surface area (Å²) in [6.45, 7) is 5.33. The Morgan fingerprint density at radius 3 is 2.61 bits per heavy atom. The lowest BCUT2D eigenvalue weighted by molar-refractivity contribution is -0.131. The highest BCUT2D eigenvalue weighted by Crippen LogP contribution is 2.20. The van der Waals surface area contributed by atoms with Gasteiger partial charge in [-0.05, 0) is 38.0 Å². The molecular formula is C14H22N2O2. The third kappa shape index (κ3) is 4.04. The zero-order valence-corrected chi connectivity index (χ0v) is 11.1. The summed E-state index contributed by atoms with van der Waals surface area (Å²) in [5.41, 5.74) is 7.05. The summed E-state index contributed by atoms with van der Waals surface area (Å²) >= 11 is 0. The van der Waals surface area contributed by atoms with Crippen LogP contribution in [-0.4, -0.2) is 29.0 Å². The number of amides is 1. The highest BCUT2D eigenvalue weighted by Gasteiger charge is 2.13. The lowest BCUT2D eigenvalue weighted by Gasteiger charge is -2.19. The molecule has 0 heterocycles. The predicted molar refractivity (Wildman–Crippen MR) is 73.0 cm³/mol. The van der Waals surface area contributed by atoms with Crippen molar-refractivity contribution in [2.24, 2.45) is 0 Å². The third-order valence-corrected chi connectivity index (χ3v) is 3.04. The van der Waals surface area contributed by atoms with Crippen LogP contribution in [0.4, 0.5) is 5.69 Å². The lowest BCUT2D eigenvalue weighted by atomic mass is 10.0. The first-order valence-corrected chi connectivity index (χ1v) is 6.39. The maximum Gasteiger partial charge on any atom is 0.222 e. The van der Waals surface area contributed by atoms with E-state index in [1.807, 2.05) is 19.9 Å². The van der Waals surface area contributed by atoms with Crippen molar-refractivity contribution in [1.82, 2.24) is 4.90 Å². The minimum Gasteiger partial charge on any atom is -0.399 e. The molecule has 0 radical (unpaired) electrons. The molecule has 3 N–H and O–H groups in total. The van der Waals surface area contributed by atoms with Crippen LogP contribution in [0.25, 0.3) is 0 Å². The highest BCUT2D eigenvalue weighted by molar-refractivity contribution is 5.76. The molecule has 1 aromatic rings. The maximum atomic E-state index is 11.8. The Hall–Kier alpha value is -1.55. The van der Waals surface area contributed by atoms with Gasteiger partial charge in [-0.1, -0.05) is 12.1 Å². The molecule has 4 nitrogen and oxygen atoms in total. The quantitative estimate of drug-likeness (QED) is 0.758. The smallest absolute Gasteiger partial charge is 0.222 e. The van der Waals surface area contributed by atoms with Crippen LogP contribution < -0.4 is 5.73 Å². The predicted octanol–water partition coefficient (Wildman–Crippen LogP) is 1.95. The van der Waals surface area contributed by atoms with Gasteiger partial charge in [-0.2, -0.15) is 0 Å². The van der Waals surface area contributed by atoms with Gasteiger partial charge in [0.2, 0.25) is 5.91 Å². The number of nitrogens with two attached hydrogens (primary N) is 1. The maximum absolute atomic E-state index is 11.8. The third-order valence-electron chi connectivity index (χ3n) is 3.04. The summed E-state index contributed by atoms with van der Waals surface area (Å²) in [4.78, 5) is 13.6. The number of carbonyl (C=O) groups is 1. The molecular weight excluding hydrogens is 228 g/mol. The summed E-state index contributed by atoms with van der Waals surface area (Å²) in [5.74, 6) is 0.0861. The molecule has 18 heavy (non-hydrogen) atoms.